The normalized spacial score (nSPS) is 19.7. The molecule has 0 aromatic rings. The highest BCUT2D eigenvalue weighted by atomic mass is 19.4. The first kappa shape index (κ1) is 10.3. The summed E-state index contributed by atoms with van der Waals surface area (Å²) in [6, 6.07) is 0. The van der Waals surface area contributed by atoms with Crippen LogP contribution in [0.15, 0.2) is 0 Å². The summed E-state index contributed by atoms with van der Waals surface area (Å²) >= 11 is 0. The minimum atomic E-state index is -4.66. The van der Waals surface area contributed by atoms with Gasteiger partial charge >= 0.3 is 6.18 Å². The van der Waals surface area contributed by atoms with Crippen LogP contribution in [0.2, 0.25) is 0 Å². The summed E-state index contributed by atoms with van der Waals surface area (Å²) < 4.78 is 35.1. The molecule has 0 aliphatic heterocycles. The molecule has 13 heavy (non-hydrogen) atoms. The molecule has 0 aromatic heterocycles. The van der Waals surface area contributed by atoms with Crippen LogP contribution < -0.4 is 5.32 Å². The van der Waals surface area contributed by atoms with Crippen molar-refractivity contribution in [1.29, 1.82) is 0 Å². The molecule has 0 aromatic carbocycles. The molecule has 1 aliphatic rings. The Morgan fingerprint density at radius 2 is 2.08 bits per heavy atom. The number of carbonyl (C=O) groups is 1. The zero-order chi connectivity index (χ0) is 10.1. The zero-order valence-electron chi connectivity index (χ0n) is 6.77. The van der Waals surface area contributed by atoms with Gasteiger partial charge in [-0.15, -0.1) is 0 Å². The Hall–Kier alpha value is -0.780. The molecule has 1 amide bonds. The van der Waals surface area contributed by atoms with Crippen molar-refractivity contribution in [2.45, 2.75) is 25.1 Å². The van der Waals surface area contributed by atoms with E-state index in [1.165, 1.54) is 0 Å². The summed E-state index contributed by atoms with van der Waals surface area (Å²) in [5, 5.41) is 10.5. The lowest BCUT2D eigenvalue weighted by molar-refractivity contribution is -0.201. The molecule has 0 radical (unpaired) electrons. The highest BCUT2D eigenvalue weighted by Crippen LogP contribution is 2.28. The topological polar surface area (TPSA) is 49.3 Å². The van der Waals surface area contributed by atoms with Crippen molar-refractivity contribution < 1.29 is 23.1 Å². The Balaban J connectivity index is 2.21. The van der Waals surface area contributed by atoms with Crippen LogP contribution in [0.3, 0.4) is 0 Å². The number of carbonyl (C=O) groups excluding carboxylic acids is 1. The molecule has 1 saturated carbocycles. The van der Waals surface area contributed by atoms with Gasteiger partial charge in [0.2, 0.25) is 5.91 Å². The van der Waals surface area contributed by atoms with E-state index in [1.807, 2.05) is 5.32 Å². The number of rotatable bonds is 3. The van der Waals surface area contributed by atoms with Gasteiger partial charge in [-0.05, 0) is 12.8 Å². The van der Waals surface area contributed by atoms with Crippen LogP contribution in [-0.4, -0.2) is 29.8 Å². The lowest BCUT2D eigenvalue weighted by Crippen LogP contribution is -2.41. The fourth-order valence-electron chi connectivity index (χ4n) is 0.803. The average Bonchev–Trinajstić information content (AvgIpc) is 2.79. The van der Waals surface area contributed by atoms with Crippen LogP contribution in [0.4, 0.5) is 13.2 Å². The van der Waals surface area contributed by atoms with E-state index >= 15 is 0 Å². The molecular formula is C7H10F3NO2. The van der Waals surface area contributed by atoms with E-state index in [-0.39, 0.29) is 5.92 Å². The van der Waals surface area contributed by atoms with Crippen molar-refractivity contribution in [3.63, 3.8) is 0 Å². The van der Waals surface area contributed by atoms with Crippen LogP contribution in [-0.2, 0) is 4.79 Å². The van der Waals surface area contributed by atoms with Gasteiger partial charge in [-0.3, -0.25) is 4.79 Å². The van der Waals surface area contributed by atoms with E-state index in [4.69, 9.17) is 5.11 Å². The van der Waals surface area contributed by atoms with Crippen molar-refractivity contribution in [2.24, 2.45) is 5.92 Å². The largest absolute Gasteiger partial charge is 0.416 e. The second-order valence-electron chi connectivity index (χ2n) is 3.08. The van der Waals surface area contributed by atoms with E-state index in [0.717, 1.165) is 12.8 Å². The maximum atomic E-state index is 11.7. The Bertz CT molecular complexity index is 200. The molecule has 1 rings (SSSR count). The molecule has 0 spiro atoms. The number of nitrogens with one attached hydrogen (secondary N) is 1. The Morgan fingerprint density at radius 3 is 2.46 bits per heavy atom. The third-order valence-electron chi connectivity index (χ3n) is 1.80. The van der Waals surface area contributed by atoms with Gasteiger partial charge in [-0.1, -0.05) is 0 Å². The highest BCUT2D eigenvalue weighted by molar-refractivity contribution is 5.80. The molecule has 1 fully saturated rings. The maximum Gasteiger partial charge on any atom is 0.416 e. The first-order valence-electron chi connectivity index (χ1n) is 3.93. The first-order chi connectivity index (χ1) is 5.91. The van der Waals surface area contributed by atoms with E-state index in [9.17, 15) is 18.0 Å². The Morgan fingerprint density at radius 1 is 1.54 bits per heavy atom. The second kappa shape index (κ2) is 3.53. The predicted molar refractivity (Wildman–Crippen MR) is 37.8 cm³/mol. The highest BCUT2D eigenvalue weighted by Gasteiger charge is 2.39. The summed E-state index contributed by atoms with van der Waals surface area (Å²) in [6.07, 6.45) is -5.66. The van der Waals surface area contributed by atoms with Gasteiger partial charge in [0.25, 0.3) is 0 Å². The molecule has 0 heterocycles. The number of aliphatic hydroxyl groups excluding tert-OH is 1. The molecule has 0 saturated heterocycles. The minimum absolute atomic E-state index is 0.138. The monoisotopic (exact) mass is 197 g/mol. The summed E-state index contributed by atoms with van der Waals surface area (Å²) in [5.41, 5.74) is 0. The SMILES string of the molecule is O=C(NCC(O)C(F)(F)F)C1CC1. The van der Waals surface area contributed by atoms with E-state index in [2.05, 4.69) is 0 Å². The van der Waals surface area contributed by atoms with Crippen molar-refractivity contribution in [2.75, 3.05) is 6.54 Å². The zero-order valence-corrected chi connectivity index (χ0v) is 6.77. The lowest BCUT2D eigenvalue weighted by atomic mass is 10.3. The first-order valence-corrected chi connectivity index (χ1v) is 3.93. The number of amides is 1. The van der Waals surface area contributed by atoms with Gasteiger partial charge in [-0.2, -0.15) is 13.2 Å². The van der Waals surface area contributed by atoms with Crippen molar-refractivity contribution in [1.82, 2.24) is 5.32 Å². The van der Waals surface area contributed by atoms with Crippen molar-refractivity contribution >= 4 is 5.91 Å². The molecular weight excluding hydrogens is 187 g/mol. The molecule has 6 heteroatoms. The van der Waals surface area contributed by atoms with E-state index in [0.29, 0.717) is 0 Å². The quantitative estimate of drug-likeness (QED) is 0.689. The van der Waals surface area contributed by atoms with Gasteiger partial charge < -0.3 is 10.4 Å². The molecule has 2 N–H and O–H groups in total. The van der Waals surface area contributed by atoms with Gasteiger partial charge in [0.1, 0.15) is 0 Å². The maximum absolute atomic E-state index is 11.7. The smallest absolute Gasteiger partial charge is 0.382 e. The number of halogens is 3. The van der Waals surface area contributed by atoms with E-state index in [1.54, 1.807) is 0 Å². The second-order valence-corrected chi connectivity index (χ2v) is 3.08. The third kappa shape index (κ3) is 3.22. The third-order valence-corrected chi connectivity index (χ3v) is 1.80. The molecule has 1 aliphatic carbocycles. The van der Waals surface area contributed by atoms with Crippen LogP contribution in [0.1, 0.15) is 12.8 Å². The molecule has 0 bridgehead atoms. The van der Waals surface area contributed by atoms with Gasteiger partial charge in [0.05, 0.1) is 6.54 Å². The molecule has 1 unspecified atom stereocenters. The van der Waals surface area contributed by atoms with Crippen LogP contribution in [0.5, 0.6) is 0 Å². The Kier molecular flexibility index (Phi) is 2.80. The minimum Gasteiger partial charge on any atom is -0.382 e. The number of hydrogen-bond acceptors (Lipinski definition) is 2. The molecule has 3 nitrogen and oxygen atoms in total. The summed E-state index contributed by atoms with van der Waals surface area (Å²) in [5.74, 6) is -0.538. The van der Waals surface area contributed by atoms with Crippen LogP contribution in [0.25, 0.3) is 0 Å². The van der Waals surface area contributed by atoms with Crippen molar-refractivity contribution in [3.8, 4) is 0 Å². The molecule has 1 atom stereocenters. The number of alkyl halides is 3. The molecule has 76 valence electrons. The van der Waals surface area contributed by atoms with Gasteiger partial charge in [0.15, 0.2) is 6.10 Å². The summed E-state index contributed by atoms with van der Waals surface area (Å²) in [7, 11) is 0. The predicted octanol–water partition coefficient (Wildman–Crippen LogP) is 0.436. The van der Waals surface area contributed by atoms with Crippen molar-refractivity contribution in [3.05, 3.63) is 0 Å². The number of aliphatic hydroxyl groups is 1. The van der Waals surface area contributed by atoms with Crippen LogP contribution >= 0.6 is 0 Å². The fraction of sp³-hybridized carbons (Fsp3) is 0.857. The summed E-state index contributed by atoms with van der Waals surface area (Å²) in [6.45, 7) is -0.751. The lowest BCUT2D eigenvalue weighted by Gasteiger charge is -2.14. The summed E-state index contributed by atoms with van der Waals surface area (Å²) in [4.78, 5) is 10.8. The average molecular weight is 197 g/mol. The Labute approximate surface area is 72.9 Å². The van der Waals surface area contributed by atoms with Gasteiger partial charge in [-0.25, -0.2) is 0 Å². The van der Waals surface area contributed by atoms with E-state index < -0.39 is 24.7 Å². The van der Waals surface area contributed by atoms with Gasteiger partial charge in [0, 0.05) is 5.92 Å². The fourth-order valence-corrected chi connectivity index (χ4v) is 0.803. The number of hydrogen-bond donors (Lipinski definition) is 2. The standard InChI is InChI=1S/C7H10F3NO2/c8-7(9,10)5(12)3-11-6(13)4-1-2-4/h4-5,12H,1-3H2,(H,11,13). The van der Waals surface area contributed by atoms with Crippen LogP contribution in [0, 0.1) is 5.92 Å².